The lowest BCUT2D eigenvalue weighted by Gasteiger charge is -2.32. The molecule has 0 aromatic heterocycles. The average Bonchev–Trinajstić information content (AvgIpc) is 2.35. The van der Waals surface area contributed by atoms with Crippen LogP contribution in [0.5, 0.6) is 0 Å². The SMILES string of the molecule is COCC(C)N(C)C(CN)c1cccc(F)c1F. The van der Waals surface area contributed by atoms with Gasteiger partial charge in [0.25, 0.3) is 0 Å². The van der Waals surface area contributed by atoms with E-state index in [1.54, 1.807) is 13.2 Å². The highest BCUT2D eigenvalue weighted by atomic mass is 19.2. The number of methoxy groups -OCH3 is 1. The normalized spacial score (nSPS) is 14.8. The second-order valence-electron chi connectivity index (χ2n) is 4.36. The van der Waals surface area contributed by atoms with E-state index in [0.717, 1.165) is 6.07 Å². The fraction of sp³-hybridized carbons (Fsp3) is 0.538. The monoisotopic (exact) mass is 258 g/mol. The summed E-state index contributed by atoms with van der Waals surface area (Å²) in [6, 6.07) is 3.85. The van der Waals surface area contributed by atoms with Crippen molar-refractivity contribution in [2.45, 2.75) is 19.0 Å². The first-order chi connectivity index (χ1) is 8.52. The van der Waals surface area contributed by atoms with Crippen LogP contribution >= 0.6 is 0 Å². The summed E-state index contributed by atoms with van der Waals surface area (Å²) in [7, 11) is 3.43. The van der Waals surface area contributed by atoms with E-state index in [2.05, 4.69) is 0 Å². The highest BCUT2D eigenvalue weighted by Crippen LogP contribution is 2.24. The molecule has 102 valence electrons. The molecule has 1 aromatic carbocycles. The maximum absolute atomic E-state index is 13.8. The molecular weight excluding hydrogens is 238 g/mol. The van der Waals surface area contributed by atoms with Crippen LogP contribution in [0.15, 0.2) is 18.2 Å². The van der Waals surface area contributed by atoms with Crippen molar-refractivity contribution >= 4 is 0 Å². The lowest BCUT2D eigenvalue weighted by Crippen LogP contribution is -2.39. The average molecular weight is 258 g/mol. The Morgan fingerprint density at radius 2 is 2.06 bits per heavy atom. The molecule has 2 N–H and O–H groups in total. The van der Waals surface area contributed by atoms with Gasteiger partial charge in [-0.1, -0.05) is 12.1 Å². The molecule has 0 aliphatic carbocycles. The summed E-state index contributed by atoms with van der Waals surface area (Å²) in [6.45, 7) is 2.66. The minimum absolute atomic E-state index is 0.0613. The van der Waals surface area contributed by atoms with Crippen LogP contribution in [0.2, 0.25) is 0 Å². The fourth-order valence-electron chi connectivity index (χ4n) is 1.96. The van der Waals surface area contributed by atoms with Gasteiger partial charge >= 0.3 is 0 Å². The van der Waals surface area contributed by atoms with E-state index in [1.807, 2.05) is 18.9 Å². The molecule has 2 atom stereocenters. The number of rotatable bonds is 6. The van der Waals surface area contributed by atoms with E-state index in [9.17, 15) is 8.78 Å². The largest absolute Gasteiger partial charge is 0.383 e. The van der Waals surface area contributed by atoms with E-state index in [1.165, 1.54) is 6.07 Å². The van der Waals surface area contributed by atoms with Gasteiger partial charge in [-0.15, -0.1) is 0 Å². The van der Waals surface area contributed by atoms with Gasteiger partial charge in [-0.3, -0.25) is 4.90 Å². The molecule has 0 heterocycles. The molecule has 1 aromatic rings. The summed E-state index contributed by atoms with van der Waals surface area (Å²) < 4.78 is 32.0. The molecular formula is C13H20F2N2O. The molecule has 18 heavy (non-hydrogen) atoms. The topological polar surface area (TPSA) is 38.5 Å². The molecule has 0 amide bonds. The molecule has 0 spiro atoms. The predicted octanol–water partition coefficient (Wildman–Crippen LogP) is 1.93. The van der Waals surface area contributed by atoms with E-state index < -0.39 is 11.6 Å². The number of likely N-dealkylation sites (N-methyl/N-ethyl adjacent to an activating group) is 1. The molecule has 0 saturated heterocycles. The van der Waals surface area contributed by atoms with Gasteiger partial charge in [0.2, 0.25) is 0 Å². The Bertz CT molecular complexity index is 387. The summed E-state index contributed by atoms with van der Waals surface area (Å²) in [6.07, 6.45) is 0. The number of hydrogen-bond donors (Lipinski definition) is 1. The minimum atomic E-state index is -0.848. The predicted molar refractivity (Wildman–Crippen MR) is 67.3 cm³/mol. The summed E-state index contributed by atoms with van der Waals surface area (Å²) in [5.74, 6) is -1.68. The van der Waals surface area contributed by atoms with Crippen molar-refractivity contribution in [1.29, 1.82) is 0 Å². The summed E-state index contributed by atoms with van der Waals surface area (Å²) >= 11 is 0. The maximum Gasteiger partial charge on any atom is 0.163 e. The van der Waals surface area contributed by atoms with Crippen LogP contribution < -0.4 is 5.73 Å². The lowest BCUT2D eigenvalue weighted by atomic mass is 10.0. The zero-order valence-corrected chi connectivity index (χ0v) is 11.0. The van der Waals surface area contributed by atoms with Gasteiger partial charge in [0.15, 0.2) is 11.6 Å². The second-order valence-corrected chi connectivity index (χ2v) is 4.36. The van der Waals surface area contributed by atoms with Crippen molar-refractivity contribution in [1.82, 2.24) is 4.90 Å². The Labute approximate surface area is 107 Å². The van der Waals surface area contributed by atoms with Crippen molar-refractivity contribution in [2.75, 3.05) is 27.3 Å². The van der Waals surface area contributed by atoms with Crippen molar-refractivity contribution in [3.05, 3.63) is 35.4 Å². The Morgan fingerprint density at radius 3 is 2.61 bits per heavy atom. The number of hydrogen-bond acceptors (Lipinski definition) is 3. The maximum atomic E-state index is 13.8. The third-order valence-corrected chi connectivity index (χ3v) is 3.16. The first-order valence-electron chi connectivity index (χ1n) is 5.87. The van der Waals surface area contributed by atoms with Crippen LogP contribution in [0.25, 0.3) is 0 Å². The van der Waals surface area contributed by atoms with Gasteiger partial charge in [-0.2, -0.15) is 0 Å². The zero-order valence-electron chi connectivity index (χ0n) is 11.0. The van der Waals surface area contributed by atoms with E-state index >= 15 is 0 Å². The summed E-state index contributed by atoms with van der Waals surface area (Å²) in [4.78, 5) is 1.89. The van der Waals surface area contributed by atoms with Crippen molar-refractivity contribution in [3.8, 4) is 0 Å². The van der Waals surface area contributed by atoms with Crippen LogP contribution in [0.1, 0.15) is 18.5 Å². The molecule has 5 heteroatoms. The highest BCUT2D eigenvalue weighted by Gasteiger charge is 2.24. The Kier molecular flexibility index (Phi) is 5.65. The quantitative estimate of drug-likeness (QED) is 0.847. The minimum Gasteiger partial charge on any atom is -0.383 e. The van der Waals surface area contributed by atoms with Gasteiger partial charge < -0.3 is 10.5 Å². The zero-order chi connectivity index (χ0) is 13.7. The number of ether oxygens (including phenoxy) is 1. The van der Waals surface area contributed by atoms with E-state index in [4.69, 9.17) is 10.5 Å². The van der Waals surface area contributed by atoms with Crippen LogP contribution in [-0.2, 0) is 4.74 Å². The molecule has 0 fully saturated rings. The smallest absolute Gasteiger partial charge is 0.163 e. The fourth-order valence-corrected chi connectivity index (χ4v) is 1.96. The summed E-state index contributed by atoms with van der Waals surface area (Å²) in [5, 5.41) is 0. The number of benzene rings is 1. The second kappa shape index (κ2) is 6.78. The van der Waals surface area contributed by atoms with Gasteiger partial charge in [-0.05, 0) is 20.0 Å². The van der Waals surface area contributed by atoms with Crippen LogP contribution in [0.4, 0.5) is 8.78 Å². The van der Waals surface area contributed by atoms with Gasteiger partial charge in [0.05, 0.1) is 12.6 Å². The highest BCUT2D eigenvalue weighted by molar-refractivity contribution is 5.23. The third-order valence-electron chi connectivity index (χ3n) is 3.16. The number of nitrogens with zero attached hydrogens (tertiary/aromatic N) is 1. The standard InChI is InChI=1S/C13H20F2N2O/c1-9(8-18-3)17(2)12(7-16)10-5-4-6-11(14)13(10)15/h4-6,9,12H,7-8,16H2,1-3H3. The number of halogens is 2. The molecule has 2 unspecified atom stereocenters. The third kappa shape index (κ3) is 3.25. The molecule has 3 nitrogen and oxygen atoms in total. The van der Waals surface area contributed by atoms with E-state index in [0.29, 0.717) is 6.61 Å². The van der Waals surface area contributed by atoms with Crippen LogP contribution in [-0.4, -0.2) is 38.3 Å². The van der Waals surface area contributed by atoms with Crippen molar-refractivity contribution < 1.29 is 13.5 Å². The van der Waals surface area contributed by atoms with Crippen LogP contribution in [0.3, 0.4) is 0 Å². The molecule has 0 radical (unpaired) electrons. The lowest BCUT2D eigenvalue weighted by molar-refractivity contribution is 0.0897. The first-order valence-corrected chi connectivity index (χ1v) is 5.87. The first kappa shape index (κ1) is 15.0. The molecule has 0 aliphatic rings. The van der Waals surface area contributed by atoms with Crippen molar-refractivity contribution in [3.63, 3.8) is 0 Å². The Hall–Kier alpha value is -1.04. The Balaban J connectivity index is 2.98. The van der Waals surface area contributed by atoms with E-state index in [-0.39, 0.29) is 24.2 Å². The Morgan fingerprint density at radius 1 is 1.39 bits per heavy atom. The molecule has 0 saturated carbocycles. The van der Waals surface area contributed by atoms with Crippen LogP contribution in [0, 0.1) is 11.6 Å². The van der Waals surface area contributed by atoms with Gasteiger partial charge in [-0.25, -0.2) is 8.78 Å². The number of nitrogens with two attached hydrogens (primary N) is 1. The van der Waals surface area contributed by atoms with Crippen molar-refractivity contribution in [2.24, 2.45) is 5.73 Å². The van der Waals surface area contributed by atoms with Gasteiger partial charge in [0, 0.05) is 25.3 Å². The molecule has 0 bridgehead atoms. The van der Waals surface area contributed by atoms with Gasteiger partial charge in [0.1, 0.15) is 0 Å². The molecule has 0 aliphatic heterocycles. The summed E-state index contributed by atoms with van der Waals surface area (Å²) in [5.41, 5.74) is 5.97. The molecule has 1 rings (SSSR count).